The Balaban J connectivity index is 1.28. The lowest BCUT2D eigenvalue weighted by molar-refractivity contribution is -0.118. The summed E-state index contributed by atoms with van der Waals surface area (Å²) in [4.78, 5) is 41.4. The van der Waals surface area contributed by atoms with Crippen molar-refractivity contribution in [3.63, 3.8) is 0 Å². The highest BCUT2D eigenvalue weighted by Gasteiger charge is 2.59. The van der Waals surface area contributed by atoms with Crippen molar-refractivity contribution in [1.29, 1.82) is 0 Å². The van der Waals surface area contributed by atoms with Gasteiger partial charge in [-0.15, -0.1) is 0 Å². The zero-order valence-corrected chi connectivity index (χ0v) is 29.9. The minimum absolute atomic E-state index is 0.182. The second kappa shape index (κ2) is 13.4. The Hall–Kier alpha value is -4.91. The van der Waals surface area contributed by atoms with Crippen LogP contribution in [0.3, 0.4) is 0 Å². The van der Waals surface area contributed by atoms with Crippen LogP contribution in [0.5, 0.6) is 0 Å². The van der Waals surface area contributed by atoms with Crippen LogP contribution in [0.15, 0.2) is 104 Å². The van der Waals surface area contributed by atoms with Crippen LogP contribution >= 0.6 is 0 Å². The number of benzene rings is 3. The van der Waals surface area contributed by atoms with Crippen molar-refractivity contribution in [2.75, 3.05) is 11.9 Å². The van der Waals surface area contributed by atoms with E-state index in [2.05, 4.69) is 89.6 Å². The molecule has 0 unspecified atom stereocenters. The molecule has 0 bridgehead atoms. The molecule has 11 nitrogen and oxygen atoms in total. The van der Waals surface area contributed by atoms with Gasteiger partial charge in [0.15, 0.2) is 29.3 Å². The molecule has 5 aromatic rings. The van der Waals surface area contributed by atoms with E-state index in [4.69, 9.17) is 13.9 Å². The van der Waals surface area contributed by atoms with Crippen LogP contribution in [0.2, 0.25) is 5.04 Å². The third kappa shape index (κ3) is 5.97. The first-order chi connectivity index (χ1) is 24.1. The maximum absolute atomic E-state index is 13.7. The highest BCUT2D eigenvalue weighted by atomic mass is 28.4. The van der Waals surface area contributed by atoms with Crippen molar-refractivity contribution >= 4 is 47.7 Å². The fourth-order valence-corrected chi connectivity index (χ4v) is 11.8. The van der Waals surface area contributed by atoms with Gasteiger partial charge in [0.1, 0.15) is 18.5 Å². The van der Waals surface area contributed by atoms with Crippen molar-refractivity contribution in [3.8, 4) is 0 Å². The predicted octanol–water partition coefficient (Wildman–Crippen LogP) is 5.28. The highest BCUT2D eigenvalue weighted by molar-refractivity contribution is 6.99. The van der Waals surface area contributed by atoms with Gasteiger partial charge >= 0.3 is 6.09 Å². The minimum atomic E-state index is -2.94. The number of amides is 2. The quantitative estimate of drug-likeness (QED) is 0.197. The van der Waals surface area contributed by atoms with Crippen molar-refractivity contribution in [3.05, 3.63) is 109 Å². The Labute approximate surface area is 292 Å². The van der Waals surface area contributed by atoms with E-state index in [1.807, 2.05) is 56.3 Å². The van der Waals surface area contributed by atoms with Crippen LogP contribution in [0.1, 0.15) is 46.4 Å². The van der Waals surface area contributed by atoms with E-state index in [0.29, 0.717) is 23.5 Å². The van der Waals surface area contributed by atoms with Crippen molar-refractivity contribution in [2.24, 2.45) is 5.92 Å². The number of rotatable bonds is 10. The van der Waals surface area contributed by atoms with Gasteiger partial charge in [-0.25, -0.2) is 19.7 Å². The molecule has 0 aliphatic carbocycles. The number of nitrogens with zero attached hydrogens (tertiary/aromatic N) is 5. The van der Waals surface area contributed by atoms with Crippen LogP contribution in [-0.4, -0.2) is 69.6 Å². The summed E-state index contributed by atoms with van der Waals surface area (Å²) >= 11 is 0. The molecule has 4 heterocycles. The van der Waals surface area contributed by atoms with E-state index in [1.165, 1.54) is 6.33 Å². The lowest BCUT2D eigenvalue weighted by atomic mass is 10.1. The molecule has 2 saturated heterocycles. The monoisotopic (exact) mass is 690 g/mol. The van der Waals surface area contributed by atoms with Gasteiger partial charge in [0.05, 0.1) is 12.9 Å². The summed E-state index contributed by atoms with van der Waals surface area (Å²) in [7, 11) is -2.94. The summed E-state index contributed by atoms with van der Waals surface area (Å²) in [5.74, 6) is -0.118. The topological polar surface area (TPSA) is 121 Å². The predicted molar refractivity (Wildman–Crippen MR) is 192 cm³/mol. The first-order valence-corrected chi connectivity index (χ1v) is 18.9. The minimum Gasteiger partial charge on any atom is -0.439 e. The smallest absolute Gasteiger partial charge is 0.411 e. The highest BCUT2D eigenvalue weighted by Crippen LogP contribution is 2.43. The molecule has 12 heteroatoms. The maximum atomic E-state index is 13.7. The Morgan fingerprint density at radius 3 is 2.14 bits per heavy atom. The average Bonchev–Trinajstić information content (AvgIpc) is 3.79. The Morgan fingerprint density at radius 2 is 1.54 bits per heavy atom. The number of aromatic nitrogens is 4. The van der Waals surface area contributed by atoms with E-state index in [0.717, 1.165) is 15.9 Å². The average molecular weight is 691 g/mol. The van der Waals surface area contributed by atoms with E-state index in [1.54, 1.807) is 15.8 Å². The van der Waals surface area contributed by atoms with Crippen molar-refractivity contribution in [1.82, 2.24) is 24.4 Å². The molecular formula is C38H42N6O5Si. The van der Waals surface area contributed by atoms with E-state index >= 15 is 0 Å². The first kappa shape index (κ1) is 33.6. The lowest BCUT2D eigenvalue weighted by Gasteiger charge is -2.43. The second-order valence-corrected chi connectivity index (χ2v) is 18.5. The summed E-state index contributed by atoms with van der Waals surface area (Å²) in [5, 5.41) is 4.90. The number of hydrogen-bond donors (Lipinski definition) is 1. The number of carbonyl (C=O) groups excluding carboxylic acids is 2. The standard InChI is InChI=1S/C38H42N6O5Si/c1-25(2)35(45)42-33-30-34(40-23-39-33)44(24-41-30)36-32-31(43(37(46)49-32)21-26-15-9-6-10-16-26)29(48-36)22-47-50(38(3,4)5,27-17-11-7-12-18-27)28-19-13-8-14-20-28/h6-20,23-25,29,31-32,36H,21-22H2,1-5H3,(H,39,40,42,45)/t29-,31-,32-,36-/m1/s1. The lowest BCUT2D eigenvalue weighted by Crippen LogP contribution is -2.67. The molecule has 2 fully saturated rings. The third-order valence-electron chi connectivity index (χ3n) is 9.62. The molecule has 50 heavy (non-hydrogen) atoms. The SMILES string of the molecule is CC(C)C(=O)Nc1ncnc2c1ncn2[C@@H]1O[C@H](CO[Si](c2ccccc2)(c2ccccc2)C(C)(C)C)[C@@H]2[C@H]1OC(=O)N2Cc1ccccc1. The summed E-state index contributed by atoms with van der Waals surface area (Å²) in [5.41, 5.74) is 1.85. The van der Waals surface area contributed by atoms with Crippen molar-refractivity contribution < 1.29 is 23.5 Å². The van der Waals surface area contributed by atoms with Gasteiger partial charge in [-0.3, -0.25) is 14.3 Å². The number of carbonyl (C=O) groups is 2. The number of imidazole rings is 1. The van der Waals surface area contributed by atoms with Gasteiger partial charge < -0.3 is 19.2 Å². The molecule has 2 aliphatic heterocycles. The van der Waals surface area contributed by atoms with Gasteiger partial charge in [-0.2, -0.15) is 0 Å². The van der Waals surface area contributed by atoms with Gasteiger partial charge in [0, 0.05) is 12.5 Å². The Kier molecular flexibility index (Phi) is 9.01. The summed E-state index contributed by atoms with van der Waals surface area (Å²) in [6, 6.07) is 30.3. The molecule has 0 saturated carbocycles. The molecule has 2 aromatic heterocycles. The van der Waals surface area contributed by atoms with Gasteiger partial charge in [-0.1, -0.05) is 126 Å². The van der Waals surface area contributed by atoms with Crippen LogP contribution in [-0.2, 0) is 25.2 Å². The summed E-state index contributed by atoms with van der Waals surface area (Å²) < 4.78 is 22.1. The van der Waals surface area contributed by atoms with E-state index < -0.39 is 38.9 Å². The number of nitrogens with one attached hydrogen (secondary N) is 1. The fourth-order valence-electron chi connectivity index (χ4n) is 7.20. The van der Waals surface area contributed by atoms with Crippen molar-refractivity contribution in [2.45, 2.75) is 70.7 Å². The van der Waals surface area contributed by atoms with E-state index in [-0.39, 0.29) is 23.5 Å². The molecule has 7 rings (SSSR count). The van der Waals surface area contributed by atoms with E-state index in [9.17, 15) is 9.59 Å². The Bertz CT molecular complexity index is 1930. The first-order valence-electron chi connectivity index (χ1n) is 17.0. The molecule has 0 spiro atoms. The van der Waals surface area contributed by atoms with Crippen LogP contribution in [0.4, 0.5) is 10.6 Å². The molecule has 2 amide bonds. The van der Waals surface area contributed by atoms with Crippen LogP contribution < -0.4 is 15.7 Å². The number of fused-ring (bicyclic) bond motifs is 2. The number of anilines is 1. The molecule has 1 N–H and O–H groups in total. The molecule has 258 valence electrons. The number of hydrogen-bond acceptors (Lipinski definition) is 8. The maximum Gasteiger partial charge on any atom is 0.411 e. The normalized spacial score (nSPS) is 20.7. The summed E-state index contributed by atoms with van der Waals surface area (Å²) in [6.07, 6.45) is 0.573. The molecule has 4 atom stereocenters. The summed E-state index contributed by atoms with van der Waals surface area (Å²) in [6.45, 7) is 10.9. The van der Waals surface area contributed by atoms with Crippen LogP contribution in [0.25, 0.3) is 11.2 Å². The third-order valence-corrected chi connectivity index (χ3v) is 14.6. The molecular weight excluding hydrogens is 649 g/mol. The van der Waals surface area contributed by atoms with Gasteiger partial charge in [0.2, 0.25) is 5.91 Å². The van der Waals surface area contributed by atoms with Gasteiger partial charge in [0.25, 0.3) is 8.32 Å². The molecule has 0 radical (unpaired) electrons. The zero-order chi connectivity index (χ0) is 35.0. The zero-order valence-electron chi connectivity index (χ0n) is 28.9. The van der Waals surface area contributed by atoms with Gasteiger partial charge in [-0.05, 0) is 21.0 Å². The Morgan fingerprint density at radius 1 is 0.920 bits per heavy atom. The van der Waals surface area contributed by atoms with Crippen LogP contribution in [0, 0.1) is 5.92 Å². The second-order valence-electron chi connectivity index (χ2n) is 14.2. The molecule has 3 aromatic carbocycles. The molecule has 2 aliphatic rings. The fraction of sp³-hybridized carbons (Fsp3) is 0.342. The number of ether oxygens (including phenoxy) is 2. The largest absolute Gasteiger partial charge is 0.439 e.